The number of fused-ring (bicyclic) bond motifs is 1. The Morgan fingerprint density at radius 3 is 2.66 bits per heavy atom. The zero-order valence-corrected chi connectivity index (χ0v) is 16.8. The highest BCUT2D eigenvalue weighted by molar-refractivity contribution is 5.79. The topological polar surface area (TPSA) is 42.0 Å². The lowest BCUT2D eigenvalue weighted by Crippen LogP contribution is -2.38. The highest BCUT2D eigenvalue weighted by Crippen LogP contribution is 2.38. The number of nitrogens with zero attached hydrogens (tertiary/aromatic N) is 2. The summed E-state index contributed by atoms with van der Waals surface area (Å²) in [6.07, 6.45) is 2.82. The van der Waals surface area contributed by atoms with Gasteiger partial charge in [0.2, 0.25) is 5.91 Å². The van der Waals surface area contributed by atoms with Crippen molar-refractivity contribution in [3.8, 4) is 11.5 Å². The molecule has 4 rings (SSSR count). The molecule has 0 saturated carbocycles. The molecule has 2 aliphatic rings. The van der Waals surface area contributed by atoms with Gasteiger partial charge in [0.05, 0.1) is 25.8 Å². The Balaban J connectivity index is 1.41. The second-order valence-electron chi connectivity index (χ2n) is 7.80. The maximum absolute atomic E-state index is 13.1. The molecule has 2 heterocycles. The number of hydrogen-bond donors (Lipinski definition) is 0. The maximum atomic E-state index is 13.1. The molecular formula is C23H27FN2O3. The Bertz CT molecular complexity index is 856. The molecule has 1 fully saturated rings. The average molecular weight is 398 g/mol. The average Bonchev–Trinajstić information content (AvgIpc) is 3.09. The van der Waals surface area contributed by atoms with E-state index in [4.69, 9.17) is 9.47 Å². The van der Waals surface area contributed by atoms with Crippen molar-refractivity contribution >= 4 is 5.91 Å². The fourth-order valence-electron chi connectivity index (χ4n) is 4.08. The van der Waals surface area contributed by atoms with Crippen molar-refractivity contribution in [2.24, 2.45) is 0 Å². The first-order valence-corrected chi connectivity index (χ1v) is 10.2. The van der Waals surface area contributed by atoms with E-state index in [1.807, 2.05) is 35.0 Å². The third-order valence-electron chi connectivity index (χ3n) is 5.50. The summed E-state index contributed by atoms with van der Waals surface area (Å²) < 4.78 is 24.6. The predicted molar refractivity (Wildman–Crippen MR) is 108 cm³/mol. The van der Waals surface area contributed by atoms with Crippen LogP contribution in [0.25, 0.3) is 0 Å². The van der Waals surface area contributed by atoms with Gasteiger partial charge >= 0.3 is 0 Å². The summed E-state index contributed by atoms with van der Waals surface area (Å²) in [7, 11) is 1.92. The summed E-state index contributed by atoms with van der Waals surface area (Å²) in [5.74, 6) is 1.42. The van der Waals surface area contributed by atoms with E-state index in [0.29, 0.717) is 26.3 Å². The van der Waals surface area contributed by atoms with Crippen LogP contribution in [-0.4, -0.2) is 49.1 Å². The van der Waals surface area contributed by atoms with Crippen LogP contribution in [0.4, 0.5) is 4.39 Å². The fourth-order valence-corrected chi connectivity index (χ4v) is 4.08. The van der Waals surface area contributed by atoms with Gasteiger partial charge in [0.15, 0.2) is 11.5 Å². The molecule has 0 unspecified atom stereocenters. The molecule has 2 aromatic carbocycles. The Labute approximate surface area is 171 Å². The molecule has 0 bridgehead atoms. The standard InChI is InChI=1S/C23H27FN2O3/c1-25(15-17-5-8-19(24)9-6-17)16-23(27)26-11-2-4-20(26)18-7-10-21-22(14-18)29-13-3-12-28-21/h5-10,14,20H,2-4,11-13,15-16H2,1H3/t20-/m1/s1. The van der Waals surface area contributed by atoms with Crippen LogP contribution < -0.4 is 9.47 Å². The molecule has 2 aliphatic heterocycles. The van der Waals surface area contributed by atoms with Crippen LogP contribution in [0.15, 0.2) is 42.5 Å². The minimum atomic E-state index is -0.248. The lowest BCUT2D eigenvalue weighted by Gasteiger charge is -2.28. The number of carbonyl (C=O) groups excluding carboxylic acids is 1. The fraction of sp³-hybridized carbons (Fsp3) is 0.435. The zero-order valence-electron chi connectivity index (χ0n) is 16.8. The van der Waals surface area contributed by atoms with Gasteiger partial charge in [0, 0.05) is 19.5 Å². The molecule has 154 valence electrons. The van der Waals surface area contributed by atoms with Gasteiger partial charge in [-0.05, 0) is 55.3 Å². The van der Waals surface area contributed by atoms with Crippen molar-refractivity contribution in [1.82, 2.24) is 9.80 Å². The Morgan fingerprint density at radius 1 is 1.10 bits per heavy atom. The number of rotatable bonds is 5. The molecule has 0 aromatic heterocycles. The van der Waals surface area contributed by atoms with Crippen molar-refractivity contribution in [2.75, 3.05) is 33.4 Å². The predicted octanol–water partition coefficient (Wildman–Crippen LogP) is 3.78. The van der Waals surface area contributed by atoms with Crippen molar-refractivity contribution in [3.63, 3.8) is 0 Å². The van der Waals surface area contributed by atoms with E-state index in [-0.39, 0.29) is 17.8 Å². The lowest BCUT2D eigenvalue weighted by molar-refractivity contribution is -0.133. The number of benzene rings is 2. The molecule has 1 amide bonds. The smallest absolute Gasteiger partial charge is 0.237 e. The minimum absolute atomic E-state index is 0.0684. The number of hydrogen-bond acceptors (Lipinski definition) is 4. The van der Waals surface area contributed by atoms with Gasteiger partial charge in [-0.15, -0.1) is 0 Å². The minimum Gasteiger partial charge on any atom is -0.490 e. The van der Waals surface area contributed by atoms with Crippen LogP contribution in [0.1, 0.15) is 36.4 Å². The molecule has 1 atom stereocenters. The lowest BCUT2D eigenvalue weighted by atomic mass is 10.0. The first-order chi connectivity index (χ1) is 14.1. The summed E-state index contributed by atoms with van der Waals surface area (Å²) in [6.45, 7) is 3.02. The Hall–Kier alpha value is -2.60. The zero-order chi connectivity index (χ0) is 20.2. The molecule has 2 aromatic rings. The molecule has 5 nitrogen and oxygen atoms in total. The highest BCUT2D eigenvalue weighted by atomic mass is 19.1. The third kappa shape index (κ3) is 4.70. The Morgan fingerprint density at radius 2 is 1.86 bits per heavy atom. The van der Waals surface area contributed by atoms with Gasteiger partial charge in [-0.1, -0.05) is 18.2 Å². The van der Waals surface area contributed by atoms with Crippen LogP contribution in [0, 0.1) is 5.82 Å². The van der Waals surface area contributed by atoms with Gasteiger partial charge in [-0.2, -0.15) is 0 Å². The van der Waals surface area contributed by atoms with Crippen LogP contribution in [-0.2, 0) is 11.3 Å². The molecule has 0 N–H and O–H groups in total. The summed E-state index contributed by atoms with van der Waals surface area (Å²) in [4.78, 5) is 16.9. The number of carbonyl (C=O) groups is 1. The van der Waals surface area contributed by atoms with Gasteiger partial charge < -0.3 is 14.4 Å². The quantitative estimate of drug-likeness (QED) is 0.769. The second-order valence-corrected chi connectivity index (χ2v) is 7.80. The van der Waals surface area contributed by atoms with Gasteiger partial charge in [0.1, 0.15) is 5.82 Å². The SMILES string of the molecule is CN(CC(=O)N1CCC[C@@H]1c1ccc2c(c1)OCCCO2)Cc1ccc(F)cc1. The van der Waals surface area contributed by atoms with Crippen LogP contribution in [0.2, 0.25) is 0 Å². The van der Waals surface area contributed by atoms with E-state index < -0.39 is 0 Å². The van der Waals surface area contributed by atoms with E-state index in [2.05, 4.69) is 0 Å². The molecular weight excluding hydrogens is 371 g/mol. The number of likely N-dealkylation sites (N-methyl/N-ethyl adjacent to an activating group) is 1. The van der Waals surface area contributed by atoms with Crippen LogP contribution in [0.5, 0.6) is 11.5 Å². The molecule has 29 heavy (non-hydrogen) atoms. The first kappa shape index (κ1) is 19.7. The molecule has 1 saturated heterocycles. The van der Waals surface area contributed by atoms with Crippen molar-refractivity contribution in [2.45, 2.75) is 31.8 Å². The van der Waals surface area contributed by atoms with Crippen molar-refractivity contribution in [1.29, 1.82) is 0 Å². The van der Waals surface area contributed by atoms with Crippen molar-refractivity contribution in [3.05, 3.63) is 59.4 Å². The summed E-state index contributed by atoms with van der Waals surface area (Å²) in [6, 6.07) is 12.5. The van der Waals surface area contributed by atoms with Crippen LogP contribution >= 0.6 is 0 Å². The molecule has 0 spiro atoms. The van der Waals surface area contributed by atoms with Gasteiger partial charge in [-0.3, -0.25) is 9.69 Å². The normalized spacial score (nSPS) is 18.7. The van der Waals surface area contributed by atoms with E-state index in [1.165, 1.54) is 12.1 Å². The van der Waals surface area contributed by atoms with E-state index in [0.717, 1.165) is 48.4 Å². The monoisotopic (exact) mass is 398 g/mol. The summed E-state index contributed by atoms with van der Waals surface area (Å²) in [5.41, 5.74) is 2.09. The van der Waals surface area contributed by atoms with E-state index in [9.17, 15) is 9.18 Å². The van der Waals surface area contributed by atoms with Crippen molar-refractivity contribution < 1.29 is 18.7 Å². The number of halogens is 1. The highest BCUT2D eigenvalue weighted by Gasteiger charge is 2.31. The number of amides is 1. The summed E-state index contributed by atoms with van der Waals surface area (Å²) >= 11 is 0. The maximum Gasteiger partial charge on any atom is 0.237 e. The Kier molecular flexibility index (Phi) is 6.00. The van der Waals surface area contributed by atoms with Gasteiger partial charge in [-0.25, -0.2) is 4.39 Å². The molecule has 0 radical (unpaired) electrons. The number of ether oxygens (including phenoxy) is 2. The molecule has 0 aliphatic carbocycles. The summed E-state index contributed by atoms with van der Waals surface area (Å²) in [5, 5.41) is 0. The van der Waals surface area contributed by atoms with Gasteiger partial charge in [0.25, 0.3) is 0 Å². The van der Waals surface area contributed by atoms with Crippen LogP contribution in [0.3, 0.4) is 0 Å². The largest absolute Gasteiger partial charge is 0.490 e. The molecule has 6 heteroatoms. The third-order valence-corrected chi connectivity index (χ3v) is 5.50. The second kappa shape index (κ2) is 8.82. The first-order valence-electron chi connectivity index (χ1n) is 10.2. The van der Waals surface area contributed by atoms with E-state index >= 15 is 0 Å². The van der Waals surface area contributed by atoms with E-state index in [1.54, 1.807) is 12.1 Å². The number of likely N-dealkylation sites (tertiary alicyclic amines) is 1.